The van der Waals surface area contributed by atoms with E-state index in [0.29, 0.717) is 0 Å². The molecule has 0 aliphatic heterocycles. The fraction of sp³-hybridized carbons (Fsp3) is 0. The fourth-order valence-corrected chi connectivity index (χ4v) is 7.91. The van der Waals surface area contributed by atoms with Gasteiger partial charge in [-0.15, -0.1) is 0 Å². The van der Waals surface area contributed by atoms with E-state index in [4.69, 9.17) is 13.3 Å². The van der Waals surface area contributed by atoms with Crippen LogP contribution < -0.4 is 4.90 Å². The van der Waals surface area contributed by atoms with Crippen molar-refractivity contribution in [1.82, 2.24) is 0 Å². The van der Waals surface area contributed by atoms with E-state index < -0.39 is 0 Å². The normalized spacial score (nSPS) is 11.8. The van der Waals surface area contributed by atoms with E-state index in [1.807, 2.05) is 36.4 Å². The van der Waals surface area contributed by atoms with E-state index in [2.05, 4.69) is 144 Å². The molecular weight excluding hydrogens is 639 g/mol. The minimum atomic E-state index is 0.851. The van der Waals surface area contributed by atoms with E-state index in [0.717, 1.165) is 105 Å². The van der Waals surface area contributed by atoms with Crippen molar-refractivity contribution in [2.24, 2.45) is 0 Å². The molecule has 3 heterocycles. The van der Waals surface area contributed by atoms with Crippen molar-refractivity contribution in [2.75, 3.05) is 4.90 Å². The molecule has 3 aromatic heterocycles. The van der Waals surface area contributed by atoms with Gasteiger partial charge >= 0.3 is 0 Å². The third kappa shape index (κ3) is 4.34. The van der Waals surface area contributed by atoms with Crippen LogP contribution in [0.5, 0.6) is 0 Å². The van der Waals surface area contributed by atoms with Crippen LogP contribution in [0.15, 0.2) is 189 Å². The lowest BCUT2D eigenvalue weighted by molar-refractivity contribution is 0.663. The summed E-state index contributed by atoms with van der Waals surface area (Å²) in [5.41, 5.74) is 12.7. The second kappa shape index (κ2) is 11.2. The number of hydrogen-bond acceptors (Lipinski definition) is 4. The number of hydrogen-bond donors (Lipinski definition) is 0. The van der Waals surface area contributed by atoms with Crippen molar-refractivity contribution >= 4 is 82.9 Å². The molecule has 0 spiro atoms. The zero-order valence-electron chi connectivity index (χ0n) is 27.9. The Morgan fingerprint density at radius 2 is 0.923 bits per heavy atom. The maximum atomic E-state index is 6.60. The molecule has 0 unspecified atom stereocenters. The number of nitrogens with zero attached hydrogens (tertiary/aromatic N) is 1. The lowest BCUT2D eigenvalue weighted by atomic mass is 10.00. The molecule has 0 fully saturated rings. The second-order valence-electron chi connectivity index (χ2n) is 13.2. The van der Waals surface area contributed by atoms with E-state index in [1.54, 1.807) is 0 Å². The highest BCUT2D eigenvalue weighted by atomic mass is 16.3. The molecule has 0 aliphatic carbocycles. The van der Waals surface area contributed by atoms with Crippen LogP contribution in [-0.4, -0.2) is 0 Å². The van der Waals surface area contributed by atoms with Crippen LogP contribution in [0, 0.1) is 0 Å². The van der Waals surface area contributed by atoms with Crippen LogP contribution in [0.3, 0.4) is 0 Å². The maximum absolute atomic E-state index is 6.60. The molecule has 0 aliphatic rings. The second-order valence-corrected chi connectivity index (χ2v) is 13.2. The Hall–Kier alpha value is -7.04. The Bertz CT molecular complexity index is 3130. The molecule has 0 saturated carbocycles. The monoisotopic (exact) mass is 667 g/mol. The molecule has 4 heteroatoms. The minimum Gasteiger partial charge on any atom is -0.456 e. The molecular formula is C48H29NO3. The van der Waals surface area contributed by atoms with Gasteiger partial charge in [-0.05, 0) is 77.4 Å². The number of fused-ring (bicyclic) bond motifs is 10. The van der Waals surface area contributed by atoms with Gasteiger partial charge in [0.05, 0.1) is 11.4 Å². The molecule has 0 amide bonds. The summed E-state index contributed by atoms with van der Waals surface area (Å²) in [7, 11) is 0. The number of benzene rings is 8. The molecule has 0 atom stereocenters. The highest BCUT2D eigenvalue weighted by Gasteiger charge is 2.22. The summed E-state index contributed by atoms with van der Waals surface area (Å²) in [6.45, 7) is 0. The molecule has 52 heavy (non-hydrogen) atoms. The van der Waals surface area contributed by atoms with Crippen LogP contribution in [0.4, 0.5) is 17.1 Å². The van der Waals surface area contributed by atoms with Crippen molar-refractivity contribution in [2.45, 2.75) is 0 Å². The minimum absolute atomic E-state index is 0.851. The van der Waals surface area contributed by atoms with Crippen LogP contribution in [0.2, 0.25) is 0 Å². The van der Waals surface area contributed by atoms with E-state index in [1.165, 1.54) is 0 Å². The van der Waals surface area contributed by atoms with Crippen LogP contribution in [0.1, 0.15) is 0 Å². The molecule has 11 rings (SSSR count). The first kappa shape index (κ1) is 28.8. The van der Waals surface area contributed by atoms with Crippen molar-refractivity contribution in [3.8, 4) is 22.3 Å². The van der Waals surface area contributed by atoms with Crippen molar-refractivity contribution in [3.05, 3.63) is 176 Å². The SMILES string of the molecule is c1ccc(-c2ccccc2N(c2ccc(-c3ccc4c(c3)oc3ccc5oc6ccccc6c5c34)cc2)c2cccc3c2oc2ccccc23)cc1. The molecule has 244 valence electrons. The molecule has 11 aromatic rings. The third-order valence-electron chi connectivity index (χ3n) is 10.3. The number of furan rings is 3. The summed E-state index contributed by atoms with van der Waals surface area (Å²) in [6, 6.07) is 61.3. The van der Waals surface area contributed by atoms with Gasteiger partial charge in [0.15, 0.2) is 5.58 Å². The standard InChI is InChI=1S/C48H29NO3/c1-2-11-31(12-3-1)34-13-4-7-17-39(34)49(40-18-10-16-36-35-14-5-8-19-41(35)52-48(36)40)33-24-21-30(22-25-33)32-23-26-38-45(29-32)51-44-28-27-43-46(47(38)44)37-15-6-9-20-42(37)50-43/h1-29H. The fourth-order valence-electron chi connectivity index (χ4n) is 7.91. The lowest BCUT2D eigenvalue weighted by Gasteiger charge is -2.28. The van der Waals surface area contributed by atoms with Crippen LogP contribution in [-0.2, 0) is 0 Å². The number of para-hydroxylation sites is 4. The van der Waals surface area contributed by atoms with Gasteiger partial charge in [-0.25, -0.2) is 0 Å². The molecule has 4 nitrogen and oxygen atoms in total. The highest BCUT2D eigenvalue weighted by molar-refractivity contribution is 6.26. The molecule has 0 bridgehead atoms. The zero-order chi connectivity index (χ0) is 34.2. The van der Waals surface area contributed by atoms with E-state index in [-0.39, 0.29) is 0 Å². The van der Waals surface area contributed by atoms with Gasteiger partial charge in [-0.2, -0.15) is 0 Å². The van der Waals surface area contributed by atoms with Gasteiger partial charge in [-0.1, -0.05) is 115 Å². The van der Waals surface area contributed by atoms with Crippen molar-refractivity contribution in [1.29, 1.82) is 0 Å². The Labute approximate surface area is 298 Å². The van der Waals surface area contributed by atoms with Crippen LogP contribution >= 0.6 is 0 Å². The smallest absolute Gasteiger partial charge is 0.159 e. The lowest BCUT2D eigenvalue weighted by Crippen LogP contribution is -2.11. The first-order valence-corrected chi connectivity index (χ1v) is 17.5. The summed E-state index contributed by atoms with van der Waals surface area (Å²) >= 11 is 0. The summed E-state index contributed by atoms with van der Waals surface area (Å²) in [6.07, 6.45) is 0. The number of rotatable bonds is 5. The Kier molecular flexibility index (Phi) is 6.22. The molecule has 0 radical (unpaired) electrons. The Morgan fingerprint density at radius 3 is 1.73 bits per heavy atom. The van der Waals surface area contributed by atoms with Crippen molar-refractivity contribution in [3.63, 3.8) is 0 Å². The first-order chi connectivity index (χ1) is 25.8. The van der Waals surface area contributed by atoms with E-state index >= 15 is 0 Å². The van der Waals surface area contributed by atoms with Crippen LogP contribution in [0.25, 0.3) is 88.1 Å². The zero-order valence-corrected chi connectivity index (χ0v) is 27.9. The molecule has 0 N–H and O–H groups in total. The van der Waals surface area contributed by atoms with Gasteiger partial charge in [0.1, 0.15) is 27.9 Å². The average molecular weight is 668 g/mol. The predicted octanol–water partition coefficient (Wildman–Crippen LogP) is 14.2. The Morgan fingerprint density at radius 1 is 0.327 bits per heavy atom. The predicted molar refractivity (Wildman–Crippen MR) is 214 cm³/mol. The van der Waals surface area contributed by atoms with Gasteiger partial charge in [0, 0.05) is 43.6 Å². The molecule has 8 aromatic carbocycles. The first-order valence-electron chi connectivity index (χ1n) is 17.5. The Balaban J connectivity index is 1.06. The topological polar surface area (TPSA) is 42.7 Å². The van der Waals surface area contributed by atoms with E-state index in [9.17, 15) is 0 Å². The van der Waals surface area contributed by atoms with Crippen molar-refractivity contribution < 1.29 is 13.3 Å². The average Bonchev–Trinajstić information content (AvgIpc) is 3.90. The molecule has 0 saturated heterocycles. The maximum Gasteiger partial charge on any atom is 0.159 e. The van der Waals surface area contributed by atoms with Gasteiger partial charge in [0.2, 0.25) is 0 Å². The highest BCUT2D eigenvalue weighted by Crippen LogP contribution is 2.46. The summed E-state index contributed by atoms with van der Waals surface area (Å²) < 4.78 is 19.3. The van der Waals surface area contributed by atoms with Gasteiger partial charge in [-0.3, -0.25) is 0 Å². The third-order valence-corrected chi connectivity index (χ3v) is 10.3. The summed E-state index contributed by atoms with van der Waals surface area (Å²) in [5, 5.41) is 6.56. The van der Waals surface area contributed by atoms with Gasteiger partial charge < -0.3 is 18.2 Å². The summed E-state index contributed by atoms with van der Waals surface area (Å²) in [5.74, 6) is 0. The summed E-state index contributed by atoms with van der Waals surface area (Å²) in [4.78, 5) is 2.32. The van der Waals surface area contributed by atoms with Gasteiger partial charge in [0.25, 0.3) is 0 Å². The quantitative estimate of drug-likeness (QED) is 0.183. The number of anilines is 3. The largest absolute Gasteiger partial charge is 0.456 e.